The average molecular weight is 335 g/mol. The predicted octanol–water partition coefficient (Wildman–Crippen LogP) is 2.84. The number of aromatic nitrogens is 2. The van der Waals surface area contributed by atoms with Crippen molar-refractivity contribution < 1.29 is 14.3 Å². The Bertz CT molecular complexity index is 702. The maximum Gasteiger partial charge on any atom is 0.257 e. The summed E-state index contributed by atoms with van der Waals surface area (Å²) < 4.78 is 11.7. The largest absolute Gasteiger partial charge is 0.486 e. The standard InChI is InChI=1S/C14H13N3O3S2/c1-2-7-21-14-17-16-13(22-14)15-12(18)9-3-4-10-11(8-9)20-6-5-19-10/h2-4,8H,1,5-7H2,(H,15,16,18). The van der Waals surface area contributed by atoms with E-state index in [9.17, 15) is 4.79 Å². The maximum atomic E-state index is 12.2. The van der Waals surface area contributed by atoms with E-state index in [-0.39, 0.29) is 5.91 Å². The number of hydrogen-bond donors (Lipinski definition) is 1. The minimum Gasteiger partial charge on any atom is -0.486 e. The van der Waals surface area contributed by atoms with Crippen LogP contribution in [0.15, 0.2) is 35.2 Å². The van der Waals surface area contributed by atoms with Gasteiger partial charge in [0.05, 0.1) is 0 Å². The van der Waals surface area contributed by atoms with E-state index in [1.54, 1.807) is 24.3 Å². The SMILES string of the molecule is C=CCSc1nnc(NC(=O)c2ccc3c(c2)OCCO3)s1. The van der Waals surface area contributed by atoms with Crippen molar-refractivity contribution >= 4 is 34.1 Å². The fourth-order valence-electron chi connectivity index (χ4n) is 1.80. The Kier molecular flexibility index (Phi) is 4.59. The molecule has 3 rings (SSSR count). The molecule has 0 saturated carbocycles. The van der Waals surface area contributed by atoms with Crippen LogP contribution in [-0.2, 0) is 0 Å². The zero-order valence-electron chi connectivity index (χ0n) is 11.6. The van der Waals surface area contributed by atoms with Crippen molar-refractivity contribution in [3.05, 3.63) is 36.4 Å². The van der Waals surface area contributed by atoms with Crippen molar-refractivity contribution in [1.29, 1.82) is 0 Å². The molecule has 22 heavy (non-hydrogen) atoms. The first-order chi connectivity index (χ1) is 10.8. The third-order valence-corrected chi connectivity index (χ3v) is 4.72. The number of hydrogen-bond acceptors (Lipinski definition) is 7. The van der Waals surface area contributed by atoms with Crippen LogP contribution in [0.1, 0.15) is 10.4 Å². The number of carbonyl (C=O) groups is 1. The van der Waals surface area contributed by atoms with Gasteiger partial charge in [-0.2, -0.15) is 0 Å². The van der Waals surface area contributed by atoms with E-state index in [1.165, 1.54) is 23.1 Å². The molecule has 8 heteroatoms. The highest BCUT2D eigenvalue weighted by molar-refractivity contribution is 8.01. The molecule has 6 nitrogen and oxygen atoms in total. The van der Waals surface area contributed by atoms with Gasteiger partial charge in [0.2, 0.25) is 5.13 Å². The van der Waals surface area contributed by atoms with Crippen molar-refractivity contribution in [2.24, 2.45) is 0 Å². The van der Waals surface area contributed by atoms with E-state index in [0.29, 0.717) is 35.4 Å². The molecule has 0 aliphatic carbocycles. The van der Waals surface area contributed by atoms with Gasteiger partial charge in [0, 0.05) is 11.3 Å². The van der Waals surface area contributed by atoms with E-state index in [0.717, 1.165) is 10.1 Å². The van der Waals surface area contributed by atoms with Crippen molar-refractivity contribution in [1.82, 2.24) is 10.2 Å². The van der Waals surface area contributed by atoms with Gasteiger partial charge in [-0.1, -0.05) is 29.2 Å². The van der Waals surface area contributed by atoms with Gasteiger partial charge in [-0.15, -0.1) is 16.8 Å². The second-order valence-electron chi connectivity index (χ2n) is 4.29. The number of rotatable bonds is 5. The summed E-state index contributed by atoms with van der Waals surface area (Å²) in [6.07, 6.45) is 1.79. The number of fused-ring (bicyclic) bond motifs is 1. The van der Waals surface area contributed by atoms with Crippen LogP contribution in [0, 0.1) is 0 Å². The second-order valence-corrected chi connectivity index (χ2v) is 6.53. The molecule has 0 unspecified atom stereocenters. The topological polar surface area (TPSA) is 73.3 Å². The van der Waals surface area contributed by atoms with Crippen molar-refractivity contribution in [3.63, 3.8) is 0 Å². The molecule has 0 fully saturated rings. The summed E-state index contributed by atoms with van der Waals surface area (Å²) in [5, 5.41) is 11.1. The van der Waals surface area contributed by atoms with Crippen molar-refractivity contribution in [2.75, 3.05) is 24.3 Å². The minimum absolute atomic E-state index is 0.256. The highest BCUT2D eigenvalue weighted by Crippen LogP contribution is 2.31. The van der Waals surface area contributed by atoms with Crippen molar-refractivity contribution in [2.45, 2.75) is 4.34 Å². The number of thioether (sulfide) groups is 1. The van der Waals surface area contributed by atoms with Crippen LogP contribution in [0.3, 0.4) is 0 Å². The van der Waals surface area contributed by atoms with E-state index < -0.39 is 0 Å². The van der Waals surface area contributed by atoms with Crippen LogP contribution in [0.25, 0.3) is 0 Å². The summed E-state index contributed by atoms with van der Waals surface area (Å²) in [5.41, 5.74) is 0.486. The maximum absolute atomic E-state index is 12.2. The molecule has 0 bridgehead atoms. The first-order valence-corrected chi connectivity index (χ1v) is 8.34. The Morgan fingerprint density at radius 3 is 3.00 bits per heavy atom. The molecular formula is C14H13N3O3S2. The molecule has 0 radical (unpaired) electrons. The summed E-state index contributed by atoms with van der Waals surface area (Å²) in [7, 11) is 0. The number of benzene rings is 1. The van der Waals surface area contributed by atoms with Crippen LogP contribution >= 0.6 is 23.1 Å². The van der Waals surface area contributed by atoms with Gasteiger partial charge in [-0.3, -0.25) is 10.1 Å². The molecule has 1 amide bonds. The first kappa shape index (κ1) is 14.9. The third kappa shape index (κ3) is 3.40. The van der Waals surface area contributed by atoms with Crippen LogP contribution in [0.2, 0.25) is 0 Å². The zero-order valence-corrected chi connectivity index (χ0v) is 13.2. The molecule has 0 spiro atoms. The molecule has 2 heterocycles. The Morgan fingerprint density at radius 2 is 2.18 bits per heavy atom. The fourth-order valence-corrected chi connectivity index (χ4v) is 3.31. The lowest BCUT2D eigenvalue weighted by atomic mass is 10.2. The first-order valence-electron chi connectivity index (χ1n) is 6.54. The van der Waals surface area contributed by atoms with Gasteiger partial charge < -0.3 is 9.47 Å². The number of anilines is 1. The second kappa shape index (κ2) is 6.80. The smallest absolute Gasteiger partial charge is 0.257 e. The summed E-state index contributed by atoms with van der Waals surface area (Å²) in [5.74, 6) is 1.73. The number of ether oxygens (including phenoxy) is 2. The number of carbonyl (C=O) groups excluding carboxylic acids is 1. The van der Waals surface area contributed by atoms with E-state index in [2.05, 4.69) is 22.1 Å². The minimum atomic E-state index is -0.256. The summed E-state index contributed by atoms with van der Waals surface area (Å²) in [6.45, 7) is 4.66. The molecule has 0 saturated heterocycles. The van der Waals surface area contributed by atoms with Gasteiger partial charge in [-0.25, -0.2) is 0 Å². The van der Waals surface area contributed by atoms with Crippen LogP contribution in [0.4, 0.5) is 5.13 Å². The summed E-state index contributed by atoms with van der Waals surface area (Å²) >= 11 is 2.85. The molecule has 1 aromatic carbocycles. The molecule has 0 atom stereocenters. The Labute approximate surface area is 135 Å². The molecule has 1 aromatic heterocycles. The predicted molar refractivity (Wildman–Crippen MR) is 86.2 cm³/mol. The van der Waals surface area contributed by atoms with E-state index in [1.807, 2.05) is 0 Å². The lowest BCUT2D eigenvalue weighted by Crippen LogP contribution is -2.17. The Balaban J connectivity index is 1.68. The van der Waals surface area contributed by atoms with E-state index >= 15 is 0 Å². The summed E-state index contributed by atoms with van der Waals surface area (Å²) in [6, 6.07) is 5.09. The molecule has 1 aliphatic heterocycles. The fraction of sp³-hybridized carbons (Fsp3) is 0.214. The van der Waals surface area contributed by atoms with Gasteiger partial charge in [0.15, 0.2) is 15.8 Å². The monoisotopic (exact) mass is 335 g/mol. The average Bonchev–Trinajstić information content (AvgIpc) is 2.99. The normalized spacial score (nSPS) is 12.7. The Hall–Kier alpha value is -2.06. The lowest BCUT2D eigenvalue weighted by molar-refractivity contribution is 0.102. The quantitative estimate of drug-likeness (QED) is 0.514. The molecular weight excluding hydrogens is 322 g/mol. The number of nitrogens with one attached hydrogen (secondary N) is 1. The summed E-state index contributed by atoms with van der Waals surface area (Å²) in [4.78, 5) is 12.2. The molecule has 1 N–H and O–H groups in total. The zero-order chi connectivity index (χ0) is 15.4. The van der Waals surface area contributed by atoms with Crippen molar-refractivity contribution in [3.8, 4) is 11.5 Å². The highest BCUT2D eigenvalue weighted by atomic mass is 32.2. The van der Waals surface area contributed by atoms with Gasteiger partial charge >= 0.3 is 0 Å². The van der Waals surface area contributed by atoms with Gasteiger partial charge in [0.25, 0.3) is 5.91 Å². The van der Waals surface area contributed by atoms with Crippen LogP contribution in [-0.4, -0.2) is 35.1 Å². The van der Waals surface area contributed by atoms with Crippen LogP contribution < -0.4 is 14.8 Å². The Morgan fingerprint density at radius 1 is 1.36 bits per heavy atom. The molecule has 2 aromatic rings. The number of amides is 1. The molecule has 114 valence electrons. The van der Waals surface area contributed by atoms with Gasteiger partial charge in [0.1, 0.15) is 13.2 Å². The van der Waals surface area contributed by atoms with Crippen LogP contribution in [0.5, 0.6) is 11.5 Å². The third-order valence-electron chi connectivity index (χ3n) is 2.76. The lowest BCUT2D eigenvalue weighted by Gasteiger charge is -2.18. The molecule has 1 aliphatic rings. The highest BCUT2D eigenvalue weighted by Gasteiger charge is 2.16. The van der Waals surface area contributed by atoms with E-state index in [4.69, 9.17) is 9.47 Å². The number of nitrogens with zero attached hydrogens (tertiary/aromatic N) is 2. The van der Waals surface area contributed by atoms with Gasteiger partial charge in [-0.05, 0) is 18.2 Å².